The maximum atomic E-state index is 12.7. The second-order valence-corrected chi connectivity index (χ2v) is 6.25. The third-order valence-electron chi connectivity index (χ3n) is 4.12. The van der Waals surface area contributed by atoms with E-state index in [1.54, 1.807) is 46.1 Å². The minimum absolute atomic E-state index is 0.105. The molecule has 0 atom stereocenters. The minimum atomic E-state index is -0.411. The fourth-order valence-electron chi connectivity index (χ4n) is 2.89. The van der Waals surface area contributed by atoms with E-state index in [9.17, 15) is 14.4 Å². The first kappa shape index (κ1) is 19.2. The summed E-state index contributed by atoms with van der Waals surface area (Å²) in [5.74, 6) is -0.271. The molecule has 0 fully saturated rings. The number of nitrogens with one attached hydrogen (secondary N) is 2. The summed E-state index contributed by atoms with van der Waals surface area (Å²) in [6.07, 6.45) is 0. The Morgan fingerprint density at radius 3 is 2.31 bits per heavy atom. The molecule has 0 aliphatic carbocycles. The summed E-state index contributed by atoms with van der Waals surface area (Å²) in [6.45, 7) is 4.93. The fraction of sp³-hybridized carbons (Fsp3) is 0.316. The van der Waals surface area contributed by atoms with E-state index in [4.69, 9.17) is 4.74 Å². The highest BCUT2D eigenvalue weighted by Crippen LogP contribution is 2.27. The minimum Gasteiger partial charge on any atom is -0.495 e. The number of methoxy groups -OCH3 is 1. The molecule has 0 aliphatic heterocycles. The van der Waals surface area contributed by atoms with Crippen molar-refractivity contribution in [3.63, 3.8) is 0 Å². The van der Waals surface area contributed by atoms with Crippen molar-refractivity contribution >= 4 is 23.3 Å². The van der Waals surface area contributed by atoms with E-state index in [0.29, 0.717) is 39.5 Å². The van der Waals surface area contributed by atoms with Gasteiger partial charge in [0.25, 0.3) is 11.8 Å². The topological polar surface area (TPSA) is 91.5 Å². The number of Topliss-reactive ketones (excluding diaryl/α,β-unsaturated/α-hetero) is 1. The predicted octanol–water partition coefficient (Wildman–Crippen LogP) is 2.80. The van der Waals surface area contributed by atoms with Crippen molar-refractivity contribution in [3.05, 3.63) is 46.3 Å². The van der Waals surface area contributed by atoms with Crippen molar-refractivity contribution in [1.82, 2.24) is 9.88 Å². The van der Waals surface area contributed by atoms with Crippen LogP contribution in [0.1, 0.15) is 49.4 Å². The molecule has 1 aromatic heterocycles. The monoisotopic (exact) mass is 357 g/mol. The summed E-state index contributed by atoms with van der Waals surface area (Å²) in [5.41, 5.74) is 2.85. The molecule has 2 aromatic rings. The van der Waals surface area contributed by atoms with Crippen molar-refractivity contribution in [1.29, 1.82) is 0 Å². The number of anilines is 1. The average molecular weight is 357 g/mol. The zero-order valence-corrected chi connectivity index (χ0v) is 15.8. The Bertz CT molecular complexity index is 881. The molecule has 2 rings (SSSR count). The van der Waals surface area contributed by atoms with Crippen LogP contribution < -0.4 is 10.1 Å². The lowest BCUT2D eigenvalue weighted by atomic mass is 10.1. The molecule has 2 N–H and O–H groups in total. The second-order valence-electron chi connectivity index (χ2n) is 6.25. The van der Waals surface area contributed by atoms with E-state index in [-0.39, 0.29) is 11.7 Å². The number of ketones is 1. The van der Waals surface area contributed by atoms with Gasteiger partial charge >= 0.3 is 0 Å². The lowest BCUT2D eigenvalue weighted by molar-refractivity contribution is 0.0827. The lowest BCUT2D eigenvalue weighted by Crippen LogP contribution is -2.22. The fourth-order valence-corrected chi connectivity index (χ4v) is 2.89. The van der Waals surface area contributed by atoms with Gasteiger partial charge in [0.2, 0.25) is 0 Å². The molecule has 7 nitrogen and oxygen atoms in total. The number of carbonyl (C=O) groups is 3. The summed E-state index contributed by atoms with van der Waals surface area (Å²) in [5, 5.41) is 2.76. The molecule has 0 saturated heterocycles. The quantitative estimate of drug-likeness (QED) is 0.805. The predicted molar refractivity (Wildman–Crippen MR) is 99.2 cm³/mol. The number of hydrogen-bond donors (Lipinski definition) is 2. The summed E-state index contributed by atoms with van der Waals surface area (Å²) in [7, 11) is 4.79. The van der Waals surface area contributed by atoms with Gasteiger partial charge < -0.3 is 19.9 Å². The molecule has 7 heteroatoms. The molecule has 138 valence electrons. The van der Waals surface area contributed by atoms with Gasteiger partial charge in [0.05, 0.1) is 12.8 Å². The zero-order valence-electron chi connectivity index (χ0n) is 15.8. The smallest absolute Gasteiger partial charge is 0.272 e. The first-order valence-electron chi connectivity index (χ1n) is 8.08. The van der Waals surface area contributed by atoms with Crippen LogP contribution >= 0.6 is 0 Å². The van der Waals surface area contributed by atoms with Crippen LogP contribution in [0.15, 0.2) is 18.2 Å². The maximum absolute atomic E-state index is 12.7. The van der Waals surface area contributed by atoms with Gasteiger partial charge in [-0.05, 0) is 44.5 Å². The molecule has 0 radical (unpaired) electrons. The summed E-state index contributed by atoms with van der Waals surface area (Å²) in [4.78, 5) is 41.0. The van der Waals surface area contributed by atoms with Crippen LogP contribution in [0.2, 0.25) is 0 Å². The third-order valence-corrected chi connectivity index (χ3v) is 4.12. The zero-order chi connectivity index (χ0) is 19.6. The largest absolute Gasteiger partial charge is 0.495 e. The molecule has 1 aromatic carbocycles. The van der Waals surface area contributed by atoms with Gasteiger partial charge in [-0.25, -0.2) is 0 Å². The first-order valence-corrected chi connectivity index (χ1v) is 8.08. The van der Waals surface area contributed by atoms with Gasteiger partial charge in [0.15, 0.2) is 5.78 Å². The molecule has 2 amide bonds. The Balaban J connectivity index is 2.40. The summed E-state index contributed by atoms with van der Waals surface area (Å²) >= 11 is 0. The Morgan fingerprint density at radius 1 is 1.15 bits per heavy atom. The number of H-pyrrole nitrogens is 1. The van der Waals surface area contributed by atoms with Crippen LogP contribution in [-0.4, -0.2) is 48.7 Å². The lowest BCUT2D eigenvalue weighted by Gasteiger charge is -2.14. The Morgan fingerprint density at radius 2 is 1.81 bits per heavy atom. The molecule has 0 bridgehead atoms. The van der Waals surface area contributed by atoms with Crippen LogP contribution in [0.25, 0.3) is 0 Å². The normalized spacial score (nSPS) is 10.4. The SMILES string of the molecule is COc1ccc(C(=O)N(C)C)cc1NC(=O)c1[nH]c(C)c(C(C)=O)c1C. The first-order chi connectivity index (χ1) is 12.2. The molecular weight excluding hydrogens is 334 g/mol. The number of nitrogens with zero attached hydrogens (tertiary/aromatic N) is 1. The van der Waals surface area contributed by atoms with Crippen molar-refractivity contribution < 1.29 is 19.1 Å². The van der Waals surface area contributed by atoms with Crippen LogP contribution in [0.5, 0.6) is 5.75 Å². The van der Waals surface area contributed by atoms with Gasteiger partial charge in [0, 0.05) is 30.9 Å². The van der Waals surface area contributed by atoms with Gasteiger partial charge in [-0.15, -0.1) is 0 Å². The Hall–Kier alpha value is -3.09. The highest BCUT2D eigenvalue weighted by atomic mass is 16.5. The van der Waals surface area contributed by atoms with E-state index in [2.05, 4.69) is 10.3 Å². The number of aromatic nitrogens is 1. The van der Waals surface area contributed by atoms with E-state index >= 15 is 0 Å². The van der Waals surface area contributed by atoms with Gasteiger partial charge in [0.1, 0.15) is 11.4 Å². The summed E-state index contributed by atoms with van der Waals surface area (Å²) in [6, 6.07) is 4.82. The molecule has 26 heavy (non-hydrogen) atoms. The number of hydrogen-bond acceptors (Lipinski definition) is 4. The number of amides is 2. The van der Waals surface area contributed by atoms with Crippen LogP contribution in [0.3, 0.4) is 0 Å². The van der Waals surface area contributed by atoms with E-state index in [0.717, 1.165) is 0 Å². The van der Waals surface area contributed by atoms with Gasteiger partial charge in [-0.3, -0.25) is 14.4 Å². The number of ether oxygens (including phenoxy) is 1. The van der Waals surface area contributed by atoms with Crippen molar-refractivity contribution in [3.8, 4) is 5.75 Å². The third kappa shape index (κ3) is 3.61. The Labute approximate surface area is 152 Å². The number of carbonyl (C=O) groups excluding carboxylic acids is 3. The van der Waals surface area contributed by atoms with Crippen LogP contribution in [0, 0.1) is 13.8 Å². The standard InChI is InChI=1S/C19H23N3O4/c1-10-16(12(3)23)11(2)20-17(10)18(24)21-14-9-13(19(25)22(4)5)7-8-15(14)26-6/h7-9,20H,1-6H3,(H,21,24). The van der Waals surface area contributed by atoms with E-state index in [1.165, 1.54) is 18.9 Å². The maximum Gasteiger partial charge on any atom is 0.272 e. The number of benzene rings is 1. The van der Waals surface area contributed by atoms with Crippen LogP contribution in [0.4, 0.5) is 5.69 Å². The number of aromatic amines is 1. The van der Waals surface area contributed by atoms with Crippen molar-refractivity contribution in [2.75, 3.05) is 26.5 Å². The average Bonchev–Trinajstić information content (AvgIpc) is 2.88. The molecule has 0 spiro atoms. The van der Waals surface area contributed by atoms with Gasteiger partial charge in [-0.1, -0.05) is 0 Å². The molecule has 0 unspecified atom stereocenters. The number of aryl methyl sites for hydroxylation is 1. The second kappa shape index (κ2) is 7.43. The molecular formula is C19H23N3O4. The highest BCUT2D eigenvalue weighted by molar-refractivity contribution is 6.08. The molecule has 0 saturated carbocycles. The van der Waals surface area contributed by atoms with E-state index in [1.807, 2.05) is 0 Å². The van der Waals surface area contributed by atoms with Crippen LogP contribution in [-0.2, 0) is 0 Å². The molecule has 0 aliphatic rings. The number of rotatable bonds is 5. The molecule has 1 heterocycles. The highest BCUT2D eigenvalue weighted by Gasteiger charge is 2.21. The van der Waals surface area contributed by atoms with E-state index < -0.39 is 5.91 Å². The Kier molecular flexibility index (Phi) is 5.50. The summed E-state index contributed by atoms with van der Waals surface area (Å²) < 4.78 is 5.27. The van der Waals surface area contributed by atoms with Crippen molar-refractivity contribution in [2.24, 2.45) is 0 Å². The van der Waals surface area contributed by atoms with Gasteiger partial charge in [-0.2, -0.15) is 0 Å². The van der Waals surface area contributed by atoms with Crippen molar-refractivity contribution in [2.45, 2.75) is 20.8 Å².